The van der Waals surface area contributed by atoms with Crippen molar-refractivity contribution in [1.82, 2.24) is 0 Å². The number of hydrogen-bond acceptors (Lipinski definition) is 4. The Labute approximate surface area is 134 Å². The molecule has 0 aliphatic rings. The lowest BCUT2D eigenvalue weighted by molar-refractivity contribution is 0.601. The third-order valence-electron chi connectivity index (χ3n) is 3.39. The number of aryl methyl sites for hydroxylation is 1. The van der Waals surface area contributed by atoms with Gasteiger partial charge >= 0.3 is 0 Å². The highest BCUT2D eigenvalue weighted by Crippen LogP contribution is 2.26. The summed E-state index contributed by atoms with van der Waals surface area (Å²) >= 11 is 0. The Kier molecular flexibility index (Phi) is 4.78. The smallest absolute Gasteiger partial charge is 0.176 e. The Morgan fingerprint density at radius 3 is 2.30 bits per heavy atom. The zero-order valence-electron chi connectivity index (χ0n) is 12.4. The maximum absolute atomic E-state index is 14.0. The lowest BCUT2D eigenvalue weighted by atomic mass is 10.00. The predicted molar refractivity (Wildman–Crippen MR) is 83.6 cm³/mol. The topological polar surface area (TPSA) is 81.7 Å². The van der Waals surface area contributed by atoms with Crippen LogP contribution in [0.2, 0.25) is 0 Å². The summed E-state index contributed by atoms with van der Waals surface area (Å²) in [4.78, 5) is -0.0464. The molecule has 0 heterocycles. The van der Waals surface area contributed by atoms with E-state index in [9.17, 15) is 12.8 Å². The van der Waals surface area contributed by atoms with Crippen LogP contribution in [0.1, 0.15) is 17.5 Å². The van der Waals surface area contributed by atoms with Gasteiger partial charge in [0.25, 0.3) is 0 Å². The number of nitriles is 2. The number of rotatable bonds is 4. The number of hydrogen-bond donors (Lipinski definition) is 0. The molecule has 0 aliphatic heterocycles. The van der Waals surface area contributed by atoms with Crippen molar-refractivity contribution in [2.45, 2.75) is 17.7 Å². The van der Waals surface area contributed by atoms with Gasteiger partial charge in [-0.25, -0.2) is 12.8 Å². The summed E-state index contributed by atoms with van der Waals surface area (Å²) in [7, 11) is -3.50. The van der Waals surface area contributed by atoms with Crippen LogP contribution in [-0.4, -0.2) is 14.7 Å². The van der Waals surface area contributed by atoms with Gasteiger partial charge in [-0.05, 0) is 41.3 Å². The van der Waals surface area contributed by atoms with E-state index in [1.165, 1.54) is 18.2 Å². The second-order valence-electron chi connectivity index (χ2n) is 5.06. The zero-order chi connectivity index (χ0) is 17.0. The van der Waals surface area contributed by atoms with Crippen LogP contribution in [-0.2, 0) is 16.3 Å². The van der Waals surface area contributed by atoms with E-state index in [1.54, 1.807) is 18.2 Å². The number of halogens is 1. The van der Waals surface area contributed by atoms with E-state index in [4.69, 9.17) is 10.5 Å². The minimum absolute atomic E-state index is 0.0268. The summed E-state index contributed by atoms with van der Waals surface area (Å²) in [6.07, 6.45) is 1.60. The summed E-state index contributed by atoms with van der Waals surface area (Å²) in [5, 5.41) is 17.7. The molecule has 0 radical (unpaired) electrons. The van der Waals surface area contributed by atoms with Crippen molar-refractivity contribution >= 4 is 9.84 Å². The molecule has 2 rings (SSSR count). The molecule has 2 aromatic carbocycles. The molecule has 0 spiro atoms. The largest absolute Gasteiger partial charge is 0.224 e. The molecular formula is C17H13FN2O2S. The first kappa shape index (κ1) is 16.7. The van der Waals surface area contributed by atoms with E-state index in [1.807, 2.05) is 12.1 Å². The van der Waals surface area contributed by atoms with Crippen LogP contribution in [0.5, 0.6) is 0 Å². The van der Waals surface area contributed by atoms with Gasteiger partial charge in [0.1, 0.15) is 11.9 Å². The molecule has 2 aromatic rings. The van der Waals surface area contributed by atoms with E-state index in [-0.39, 0.29) is 16.9 Å². The molecule has 0 aromatic heterocycles. The summed E-state index contributed by atoms with van der Waals surface area (Å²) in [5.41, 5.74) is 1.57. The molecule has 0 N–H and O–H groups in total. The molecule has 0 amide bonds. The summed E-state index contributed by atoms with van der Waals surface area (Å²) < 4.78 is 37.3. The first-order valence-corrected chi connectivity index (χ1v) is 8.66. The molecule has 0 atom stereocenters. The fourth-order valence-corrected chi connectivity index (χ4v) is 3.06. The van der Waals surface area contributed by atoms with Crippen LogP contribution in [0.4, 0.5) is 4.39 Å². The normalized spacial score (nSPS) is 10.8. The zero-order valence-corrected chi connectivity index (χ0v) is 13.2. The minimum atomic E-state index is -3.50. The molecule has 0 saturated heterocycles. The Morgan fingerprint density at radius 1 is 1.09 bits per heavy atom. The number of sulfone groups is 1. The lowest BCUT2D eigenvalue weighted by Crippen LogP contribution is -2.00. The van der Waals surface area contributed by atoms with E-state index in [0.29, 0.717) is 23.1 Å². The summed E-state index contributed by atoms with van der Waals surface area (Å²) in [6, 6.07) is 12.8. The Balaban J connectivity index is 2.46. The maximum atomic E-state index is 14.0. The van der Waals surface area contributed by atoms with Gasteiger partial charge in [0.15, 0.2) is 9.84 Å². The summed E-state index contributed by atoms with van der Waals surface area (Å²) in [5.74, 6) is -0.427. The minimum Gasteiger partial charge on any atom is -0.224 e. The van der Waals surface area contributed by atoms with Crippen LogP contribution >= 0.6 is 0 Å². The first-order valence-electron chi connectivity index (χ1n) is 6.77. The molecule has 0 fully saturated rings. The van der Waals surface area contributed by atoms with Crippen molar-refractivity contribution in [3.63, 3.8) is 0 Å². The average Bonchev–Trinajstić information content (AvgIpc) is 2.52. The van der Waals surface area contributed by atoms with Crippen molar-refractivity contribution in [1.29, 1.82) is 10.5 Å². The Morgan fingerprint density at radius 2 is 1.74 bits per heavy atom. The van der Waals surface area contributed by atoms with E-state index in [0.717, 1.165) is 6.26 Å². The third-order valence-corrected chi connectivity index (χ3v) is 4.55. The van der Waals surface area contributed by atoms with Crippen molar-refractivity contribution in [3.05, 3.63) is 53.3 Å². The van der Waals surface area contributed by atoms with Crippen LogP contribution in [0, 0.1) is 28.5 Å². The van der Waals surface area contributed by atoms with Gasteiger partial charge in [0, 0.05) is 12.7 Å². The number of benzene rings is 2. The van der Waals surface area contributed by atoms with Crippen molar-refractivity contribution in [3.8, 4) is 23.3 Å². The van der Waals surface area contributed by atoms with E-state index in [2.05, 4.69) is 0 Å². The standard InChI is InChI=1S/C17H13FN2O2S/c1-23(21,22)17-7-6-13(9-15(17)11-20)14-5-4-12(3-2-8-19)16(18)10-14/h4-7,9-10H,2-3H2,1H3. The van der Waals surface area contributed by atoms with Gasteiger partial charge in [-0.2, -0.15) is 10.5 Å². The fourth-order valence-electron chi connectivity index (χ4n) is 2.24. The van der Waals surface area contributed by atoms with Crippen LogP contribution in [0.15, 0.2) is 41.3 Å². The quantitative estimate of drug-likeness (QED) is 0.863. The molecule has 4 nitrogen and oxygen atoms in total. The SMILES string of the molecule is CS(=O)(=O)c1ccc(-c2ccc(CCC#N)c(F)c2)cc1C#N. The first-order chi connectivity index (χ1) is 10.9. The van der Waals surface area contributed by atoms with Crippen LogP contribution in [0.3, 0.4) is 0 Å². The van der Waals surface area contributed by atoms with Gasteiger partial charge in [0.05, 0.1) is 16.5 Å². The van der Waals surface area contributed by atoms with Gasteiger partial charge in [-0.1, -0.05) is 18.2 Å². The Bertz CT molecular complexity index is 938. The van der Waals surface area contributed by atoms with Gasteiger partial charge in [0.2, 0.25) is 0 Å². The molecule has 116 valence electrons. The highest BCUT2D eigenvalue weighted by Gasteiger charge is 2.14. The highest BCUT2D eigenvalue weighted by molar-refractivity contribution is 7.90. The van der Waals surface area contributed by atoms with Gasteiger partial charge < -0.3 is 0 Å². The molecule has 0 bridgehead atoms. The Hall–Kier alpha value is -2.70. The predicted octanol–water partition coefficient (Wildman–Crippen LogP) is 3.22. The lowest BCUT2D eigenvalue weighted by Gasteiger charge is -2.08. The molecule has 0 unspecified atom stereocenters. The molecular weight excluding hydrogens is 315 g/mol. The van der Waals surface area contributed by atoms with E-state index >= 15 is 0 Å². The van der Waals surface area contributed by atoms with Crippen molar-refractivity contribution < 1.29 is 12.8 Å². The molecule has 6 heteroatoms. The summed E-state index contributed by atoms with van der Waals surface area (Å²) in [6.45, 7) is 0. The average molecular weight is 328 g/mol. The van der Waals surface area contributed by atoms with Gasteiger partial charge in [-0.15, -0.1) is 0 Å². The van der Waals surface area contributed by atoms with Crippen molar-refractivity contribution in [2.24, 2.45) is 0 Å². The monoisotopic (exact) mass is 328 g/mol. The van der Waals surface area contributed by atoms with Gasteiger partial charge in [-0.3, -0.25) is 0 Å². The van der Waals surface area contributed by atoms with Crippen LogP contribution < -0.4 is 0 Å². The second-order valence-corrected chi connectivity index (χ2v) is 7.04. The molecule has 0 aliphatic carbocycles. The van der Waals surface area contributed by atoms with E-state index < -0.39 is 15.7 Å². The maximum Gasteiger partial charge on any atom is 0.176 e. The van der Waals surface area contributed by atoms with Crippen molar-refractivity contribution in [2.75, 3.05) is 6.26 Å². The molecule has 0 saturated carbocycles. The van der Waals surface area contributed by atoms with Crippen LogP contribution in [0.25, 0.3) is 11.1 Å². The fraction of sp³-hybridized carbons (Fsp3) is 0.176. The highest BCUT2D eigenvalue weighted by atomic mass is 32.2. The molecule has 23 heavy (non-hydrogen) atoms. The second kappa shape index (κ2) is 6.60. The number of nitrogens with zero attached hydrogens (tertiary/aromatic N) is 2. The third kappa shape index (κ3) is 3.74.